The number of carbonyl (C=O) groups is 2. The molecule has 0 aliphatic carbocycles. The van der Waals surface area contributed by atoms with Gasteiger partial charge in [0, 0.05) is 12.6 Å². The average molecular weight is 564 g/mol. The van der Waals surface area contributed by atoms with Crippen LogP contribution in [0.2, 0.25) is 0 Å². The number of aryl methyl sites for hydroxylation is 2. The topological polar surface area (TPSA) is 86.8 Å². The zero-order valence-electron chi connectivity index (χ0n) is 24.1. The highest BCUT2D eigenvalue weighted by Gasteiger charge is 2.33. The molecular formula is C32H41N3O4S. The molecule has 40 heavy (non-hydrogen) atoms. The Labute approximate surface area is 239 Å². The molecule has 1 N–H and O–H groups in total. The van der Waals surface area contributed by atoms with Crippen LogP contribution in [0.25, 0.3) is 0 Å². The summed E-state index contributed by atoms with van der Waals surface area (Å²) < 4.78 is 28.9. The molecule has 3 rings (SSSR count). The molecule has 2 amide bonds. The van der Waals surface area contributed by atoms with Crippen molar-refractivity contribution in [2.24, 2.45) is 0 Å². The van der Waals surface area contributed by atoms with Crippen LogP contribution < -0.4 is 9.62 Å². The van der Waals surface area contributed by atoms with Gasteiger partial charge < -0.3 is 10.2 Å². The monoisotopic (exact) mass is 563 g/mol. The zero-order chi connectivity index (χ0) is 29.3. The summed E-state index contributed by atoms with van der Waals surface area (Å²) in [5.74, 6) is -0.667. The Balaban J connectivity index is 2.00. The van der Waals surface area contributed by atoms with Crippen LogP contribution in [0.5, 0.6) is 0 Å². The molecule has 214 valence electrons. The molecule has 0 aromatic heterocycles. The molecule has 0 aliphatic heterocycles. The van der Waals surface area contributed by atoms with E-state index in [4.69, 9.17) is 0 Å². The van der Waals surface area contributed by atoms with E-state index in [2.05, 4.69) is 5.32 Å². The smallest absolute Gasteiger partial charge is 0.264 e. The molecule has 0 fully saturated rings. The SMILES string of the molecule is CC[C@@H](C)NC(=O)[C@H](CC)N(CCc1ccccc1)C(=O)CN(c1ccc(C)cc1)S(=O)(=O)c1ccc(C)cc1. The highest BCUT2D eigenvalue weighted by atomic mass is 32.2. The second-order valence-electron chi connectivity index (χ2n) is 10.2. The van der Waals surface area contributed by atoms with Gasteiger partial charge >= 0.3 is 0 Å². The lowest BCUT2D eigenvalue weighted by Crippen LogP contribution is -2.54. The van der Waals surface area contributed by atoms with E-state index in [1.807, 2.05) is 77.1 Å². The Morgan fingerprint density at radius 2 is 1.40 bits per heavy atom. The number of nitrogens with one attached hydrogen (secondary N) is 1. The van der Waals surface area contributed by atoms with Crippen LogP contribution in [-0.4, -0.2) is 50.3 Å². The first kappa shape index (κ1) is 30.9. The lowest BCUT2D eigenvalue weighted by atomic mass is 10.1. The molecule has 7 nitrogen and oxygen atoms in total. The number of anilines is 1. The van der Waals surface area contributed by atoms with Gasteiger partial charge in [0.1, 0.15) is 12.6 Å². The second kappa shape index (κ2) is 14.1. The molecule has 2 atom stereocenters. The third-order valence-electron chi connectivity index (χ3n) is 7.08. The predicted molar refractivity (Wildman–Crippen MR) is 161 cm³/mol. The number of sulfonamides is 1. The third kappa shape index (κ3) is 7.94. The molecule has 0 radical (unpaired) electrons. The maximum absolute atomic E-state index is 14.0. The van der Waals surface area contributed by atoms with Crippen LogP contribution in [0, 0.1) is 13.8 Å². The molecule has 0 heterocycles. The molecule has 0 bridgehead atoms. The van der Waals surface area contributed by atoms with Gasteiger partial charge in [-0.15, -0.1) is 0 Å². The van der Waals surface area contributed by atoms with Crippen molar-refractivity contribution in [3.63, 3.8) is 0 Å². The van der Waals surface area contributed by atoms with Gasteiger partial charge in [-0.3, -0.25) is 13.9 Å². The van der Waals surface area contributed by atoms with E-state index >= 15 is 0 Å². The van der Waals surface area contributed by atoms with Crippen LogP contribution in [0.3, 0.4) is 0 Å². The number of nitrogens with zero attached hydrogens (tertiary/aromatic N) is 2. The number of rotatable bonds is 13. The second-order valence-corrected chi connectivity index (χ2v) is 12.1. The summed E-state index contributed by atoms with van der Waals surface area (Å²) in [5.41, 5.74) is 3.32. The van der Waals surface area contributed by atoms with Crippen molar-refractivity contribution in [1.29, 1.82) is 0 Å². The van der Waals surface area contributed by atoms with E-state index in [1.54, 1.807) is 36.4 Å². The molecule has 3 aromatic carbocycles. The fraction of sp³-hybridized carbons (Fsp3) is 0.375. The van der Waals surface area contributed by atoms with Gasteiger partial charge in [-0.1, -0.05) is 79.6 Å². The lowest BCUT2D eigenvalue weighted by molar-refractivity contribution is -0.139. The van der Waals surface area contributed by atoms with Crippen molar-refractivity contribution in [1.82, 2.24) is 10.2 Å². The summed E-state index contributed by atoms with van der Waals surface area (Å²) >= 11 is 0. The lowest BCUT2D eigenvalue weighted by Gasteiger charge is -2.33. The van der Waals surface area contributed by atoms with Crippen molar-refractivity contribution in [2.75, 3.05) is 17.4 Å². The van der Waals surface area contributed by atoms with Gasteiger partial charge in [0.15, 0.2) is 0 Å². The summed E-state index contributed by atoms with van der Waals surface area (Å²) in [6.07, 6.45) is 1.70. The quantitative estimate of drug-likeness (QED) is 0.307. The van der Waals surface area contributed by atoms with E-state index in [0.29, 0.717) is 18.5 Å². The minimum Gasteiger partial charge on any atom is -0.352 e. The van der Waals surface area contributed by atoms with Crippen LogP contribution in [0.1, 0.15) is 50.3 Å². The van der Waals surface area contributed by atoms with Gasteiger partial charge in [0.05, 0.1) is 10.6 Å². The number of amides is 2. The van der Waals surface area contributed by atoms with Gasteiger partial charge in [0.2, 0.25) is 11.8 Å². The minimum absolute atomic E-state index is 0.0430. The van der Waals surface area contributed by atoms with E-state index < -0.39 is 28.5 Å². The van der Waals surface area contributed by atoms with Crippen LogP contribution in [0.15, 0.2) is 83.8 Å². The fourth-order valence-electron chi connectivity index (χ4n) is 4.41. The van der Waals surface area contributed by atoms with E-state index in [9.17, 15) is 18.0 Å². The molecule has 8 heteroatoms. The molecule has 3 aromatic rings. The average Bonchev–Trinajstić information content (AvgIpc) is 2.95. The number of hydrogen-bond donors (Lipinski definition) is 1. The number of hydrogen-bond acceptors (Lipinski definition) is 4. The normalized spacial score (nSPS) is 12.8. The van der Waals surface area contributed by atoms with Crippen molar-refractivity contribution in [2.45, 2.75) is 70.9 Å². The van der Waals surface area contributed by atoms with Gasteiger partial charge in [0.25, 0.3) is 10.0 Å². The Morgan fingerprint density at radius 3 is 1.95 bits per heavy atom. The van der Waals surface area contributed by atoms with Gasteiger partial charge in [-0.2, -0.15) is 0 Å². The number of benzene rings is 3. The van der Waals surface area contributed by atoms with Crippen molar-refractivity contribution in [3.05, 3.63) is 95.6 Å². The molecule has 0 unspecified atom stereocenters. The van der Waals surface area contributed by atoms with E-state index in [1.165, 1.54) is 4.90 Å². The Kier molecular flexibility index (Phi) is 10.9. The van der Waals surface area contributed by atoms with Crippen molar-refractivity contribution >= 4 is 27.5 Å². The highest BCUT2D eigenvalue weighted by Crippen LogP contribution is 2.25. The first-order valence-electron chi connectivity index (χ1n) is 13.9. The molecule has 0 aliphatic rings. The summed E-state index contributed by atoms with van der Waals surface area (Å²) in [7, 11) is -4.07. The van der Waals surface area contributed by atoms with Crippen LogP contribution >= 0.6 is 0 Å². The van der Waals surface area contributed by atoms with Crippen molar-refractivity contribution < 1.29 is 18.0 Å². The third-order valence-corrected chi connectivity index (χ3v) is 8.87. The van der Waals surface area contributed by atoms with Gasteiger partial charge in [-0.25, -0.2) is 8.42 Å². The van der Waals surface area contributed by atoms with E-state index in [0.717, 1.165) is 27.4 Å². The van der Waals surface area contributed by atoms with Crippen LogP contribution in [-0.2, 0) is 26.0 Å². The Bertz CT molecular complexity index is 1360. The predicted octanol–water partition coefficient (Wildman–Crippen LogP) is 5.26. The maximum atomic E-state index is 14.0. The largest absolute Gasteiger partial charge is 0.352 e. The number of carbonyl (C=O) groups excluding carboxylic acids is 2. The van der Waals surface area contributed by atoms with Gasteiger partial charge in [-0.05, 0) is 69.9 Å². The summed E-state index contributed by atoms with van der Waals surface area (Å²) in [6, 6.07) is 22.6. The fourth-order valence-corrected chi connectivity index (χ4v) is 5.83. The standard InChI is InChI=1S/C32H41N3O4S/c1-6-26(5)33-32(37)30(7-2)34(22-21-27-11-9-8-10-12-27)31(36)23-35(28-17-13-24(3)14-18-28)40(38,39)29-19-15-25(4)16-20-29/h8-20,26,30H,6-7,21-23H2,1-5H3,(H,33,37)/t26-,30+/m1/s1. The van der Waals surface area contributed by atoms with Crippen molar-refractivity contribution in [3.8, 4) is 0 Å². The summed E-state index contributed by atoms with van der Waals surface area (Å²) in [6.45, 7) is 9.43. The molecule has 0 saturated carbocycles. The molecule has 0 saturated heterocycles. The maximum Gasteiger partial charge on any atom is 0.264 e. The summed E-state index contributed by atoms with van der Waals surface area (Å²) in [4.78, 5) is 29.0. The first-order valence-corrected chi connectivity index (χ1v) is 15.3. The molecule has 0 spiro atoms. The zero-order valence-corrected chi connectivity index (χ0v) is 24.9. The van der Waals surface area contributed by atoms with E-state index in [-0.39, 0.29) is 23.4 Å². The highest BCUT2D eigenvalue weighted by molar-refractivity contribution is 7.92. The molecular weight excluding hydrogens is 522 g/mol. The first-order chi connectivity index (χ1) is 19.1. The summed E-state index contributed by atoms with van der Waals surface area (Å²) in [5, 5.41) is 3.00. The Morgan fingerprint density at radius 1 is 0.825 bits per heavy atom. The Hall–Kier alpha value is -3.65. The van der Waals surface area contributed by atoms with Crippen LogP contribution in [0.4, 0.5) is 5.69 Å². The minimum atomic E-state index is -4.07.